The molecule has 0 radical (unpaired) electrons. The first kappa shape index (κ1) is 10.2. The van der Waals surface area contributed by atoms with Crippen LogP contribution in [0.3, 0.4) is 0 Å². The van der Waals surface area contributed by atoms with Crippen LogP contribution in [-0.4, -0.2) is 38.1 Å². The molecule has 0 fully saturated rings. The van der Waals surface area contributed by atoms with Crippen LogP contribution in [0.1, 0.15) is 0 Å². The first-order chi connectivity index (χ1) is 7.56. The zero-order valence-electron chi connectivity index (χ0n) is 8.07. The average molecular weight is 220 g/mol. The van der Waals surface area contributed by atoms with Gasteiger partial charge in [-0.25, -0.2) is 14.6 Å². The van der Waals surface area contributed by atoms with Crippen LogP contribution in [-0.2, 0) is 9.59 Å². The first-order valence-corrected chi connectivity index (χ1v) is 4.45. The van der Waals surface area contributed by atoms with E-state index in [9.17, 15) is 9.59 Å². The van der Waals surface area contributed by atoms with Gasteiger partial charge in [-0.3, -0.25) is 0 Å². The third kappa shape index (κ3) is 1.31. The predicted octanol–water partition coefficient (Wildman–Crippen LogP) is 0.212. The van der Waals surface area contributed by atoms with E-state index in [1.165, 1.54) is 6.08 Å². The summed E-state index contributed by atoms with van der Waals surface area (Å²) in [5.74, 6) is -2.72. The smallest absolute Gasteiger partial charge is 0.347 e. The van der Waals surface area contributed by atoms with Crippen molar-refractivity contribution in [2.75, 3.05) is 0 Å². The van der Waals surface area contributed by atoms with Gasteiger partial charge in [-0.1, -0.05) is 0 Å². The molecular weight excluding hydrogens is 212 g/mol. The summed E-state index contributed by atoms with van der Waals surface area (Å²) in [4.78, 5) is 25.6. The van der Waals surface area contributed by atoms with E-state index in [0.29, 0.717) is 0 Å². The van der Waals surface area contributed by atoms with Crippen molar-refractivity contribution in [3.8, 4) is 0 Å². The Balaban J connectivity index is 2.46. The van der Waals surface area contributed by atoms with Crippen molar-refractivity contribution in [1.82, 2.24) is 4.57 Å². The molecule has 0 aromatic carbocycles. The van der Waals surface area contributed by atoms with E-state index in [2.05, 4.69) is 4.99 Å². The summed E-state index contributed by atoms with van der Waals surface area (Å²) in [5.41, 5.74) is -2.19. The fourth-order valence-corrected chi connectivity index (χ4v) is 1.41. The lowest BCUT2D eigenvalue weighted by Crippen LogP contribution is -2.42. The van der Waals surface area contributed by atoms with Gasteiger partial charge in [0, 0.05) is 12.4 Å². The Morgan fingerprint density at radius 3 is 2.19 bits per heavy atom. The normalized spacial score (nSPS) is 17.1. The van der Waals surface area contributed by atoms with Gasteiger partial charge >= 0.3 is 11.9 Å². The van der Waals surface area contributed by atoms with Gasteiger partial charge in [0.15, 0.2) is 0 Å². The number of aromatic nitrogens is 1. The topological polar surface area (TPSA) is 91.9 Å². The van der Waals surface area contributed by atoms with Gasteiger partial charge in [0.2, 0.25) is 0 Å². The standard InChI is InChI=1S/C10H8N2O4/c13-8(14)10(9(15)16)4-3-7(11-10)12-5-1-2-6-12/h1-6H,(H,13,14)(H,15,16). The molecule has 2 heterocycles. The summed E-state index contributed by atoms with van der Waals surface area (Å²) in [6.07, 6.45) is 5.75. The van der Waals surface area contributed by atoms with Gasteiger partial charge in [0.1, 0.15) is 5.84 Å². The van der Waals surface area contributed by atoms with Crippen LogP contribution in [0.15, 0.2) is 41.7 Å². The van der Waals surface area contributed by atoms with Crippen molar-refractivity contribution >= 4 is 17.8 Å². The third-order valence-corrected chi connectivity index (χ3v) is 2.29. The van der Waals surface area contributed by atoms with E-state index in [1.807, 2.05) is 0 Å². The number of carbonyl (C=O) groups is 2. The van der Waals surface area contributed by atoms with Crippen molar-refractivity contribution in [3.63, 3.8) is 0 Å². The van der Waals surface area contributed by atoms with Gasteiger partial charge < -0.3 is 14.8 Å². The van der Waals surface area contributed by atoms with Gasteiger partial charge in [0.25, 0.3) is 5.54 Å². The number of carboxylic acid groups (broad SMARTS) is 2. The van der Waals surface area contributed by atoms with Crippen molar-refractivity contribution in [2.24, 2.45) is 4.99 Å². The van der Waals surface area contributed by atoms with E-state index < -0.39 is 17.5 Å². The Kier molecular flexibility index (Phi) is 2.12. The second-order valence-electron chi connectivity index (χ2n) is 3.27. The SMILES string of the molecule is O=C(O)C1(C(=O)O)C=CC(n2cccc2)=N1. The lowest BCUT2D eigenvalue weighted by molar-refractivity contribution is -0.153. The van der Waals surface area contributed by atoms with Crippen molar-refractivity contribution in [3.05, 3.63) is 36.7 Å². The molecule has 0 amide bonds. The molecular formula is C10H8N2O4. The second kappa shape index (κ2) is 3.34. The fraction of sp³-hybridized carbons (Fsp3) is 0.100. The van der Waals surface area contributed by atoms with Gasteiger partial charge in [0.05, 0.1) is 0 Å². The first-order valence-electron chi connectivity index (χ1n) is 4.45. The molecule has 0 unspecified atom stereocenters. The molecule has 1 aromatic heterocycles. The summed E-state index contributed by atoms with van der Waals surface area (Å²) in [5, 5.41) is 17.8. The highest BCUT2D eigenvalue weighted by molar-refractivity contribution is 6.13. The van der Waals surface area contributed by atoms with Gasteiger partial charge in [-0.05, 0) is 24.3 Å². The molecule has 0 saturated heterocycles. The molecule has 0 bridgehead atoms. The van der Waals surface area contributed by atoms with Crippen molar-refractivity contribution in [2.45, 2.75) is 5.54 Å². The molecule has 82 valence electrons. The number of hydrogen-bond donors (Lipinski definition) is 2. The Morgan fingerprint density at radius 1 is 1.19 bits per heavy atom. The molecule has 1 aliphatic rings. The molecule has 6 nitrogen and oxygen atoms in total. The molecule has 0 spiro atoms. The van der Waals surface area contributed by atoms with Crippen molar-refractivity contribution in [1.29, 1.82) is 0 Å². The highest BCUT2D eigenvalue weighted by Crippen LogP contribution is 2.21. The summed E-state index contributed by atoms with van der Waals surface area (Å²) >= 11 is 0. The van der Waals surface area contributed by atoms with E-state index in [1.54, 1.807) is 29.1 Å². The van der Waals surface area contributed by atoms with Gasteiger partial charge in [-0.15, -0.1) is 0 Å². The highest BCUT2D eigenvalue weighted by Gasteiger charge is 2.47. The van der Waals surface area contributed by atoms with E-state index in [-0.39, 0.29) is 5.84 Å². The molecule has 16 heavy (non-hydrogen) atoms. The predicted molar refractivity (Wildman–Crippen MR) is 54.4 cm³/mol. The zero-order chi connectivity index (χ0) is 11.8. The molecule has 1 aliphatic heterocycles. The number of hydrogen-bond acceptors (Lipinski definition) is 3. The second-order valence-corrected chi connectivity index (χ2v) is 3.27. The largest absolute Gasteiger partial charge is 0.479 e. The highest BCUT2D eigenvalue weighted by atomic mass is 16.4. The van der Waals surface area contributed by atoms with Crippen molar-refractivity contribution < 1.29 is 19.8 Å². The van der Waals surface area contributed by atoms with Crippen LogP contribution in [0.4, 0.5) is 0 Å². The van der Waals surface area contributed by atoms with E-state index >= 15 is 0 Å². The Morgan fingerprint density at radius 2 is 1.75 bits per heavy atom. The van der Waals surface area contributed by atoms with Crippen LogP contribution < -0.4 is 0 Å². The molecule has 2 rings (SSSR count). The lowest BCUT2D eigenvalue weighted by Gasteiger charge is -2.12. The maximum atomic E-state index is 10.9. The van der Waals surface area contributed by atoms with Crippen LogP contribution >= 0.6 is 0 Å². The van der Waals surface area contributed by atoms with Crippen LogP contribution in [0.2, 0.25) is 0 Å². The Labute approximate surface area is 90.2 Å². The monoisotopic (exact) mass is 220 g/mol. The van der Waals surface area contributed by atoms with Crippen LogP contribution in [0, 0.1) is 0 Å². The lowest BCUT2D eigenvalue weighted by atomic mass is 10.0. The minimum atomic E-state index is -2.19. The quantitative estimate of drug-likeness (QED) is 0.697. The maximum absolute atomic E-state index is 10.9. The minimum Gasteiger partial charge on any atom is -0.479 e. The summed E-state index contributed by atoms with van der Waals surface area (Å²) in [6, 6.07) is 3.47. The maximum Gasteiger partial charge on any atom is 0.347 e. The number of nitrogens with zero attached hydrogens (tertiary/aromatic N) is 2. The fourth-order valence-electron chi connectivity index (χ4n) is 1.41. The van der Waals surface area contributed by atoms with Crippen LogP contribution in [0.25, 0.3) is 0 Å². The summed E-state index contributed by atoms with van der Waals surface area (Å²) < 4.78 is 1.55. The minimum absolute atomic E-state index is 0.287. The number of aliphatic imine (C=N–C) groups is 1. The molecule has 1 aromatic rings. The number of aliphatic carboxylic acids is 2. The molecule has 0 saturated carbocycles. The molecule has 0 aliphatic carbocycles. The van der Waals surface area contributed by atoms with Crippen LogP contribution in [0.5, 0.6) is 0 Å². The van der Waals surface area contributed by atoms with E-state index in [0.717, 1.165) is 6.08 Å². The van der Waals surface area contributed by atoms with E-state index in [4.69, 9.17) is 10.2 Å². The molecule has 0 atom stereocenters. The third-order valence-electron chi connectivity index (χ3n) is 2.29. The summed E-state index contributed by atoms with van der Waals surface area (Å²) in [6.45, 7) is 0. The van der Waals surface area contributed by atoms with Gasteiger partial charge in [-0.2, -0.15) is 0 Å². The Bertz CT molecular complexity index is 485. The number of carboxylic acids is 2. The summed E-state index contributed by atoms with van der Waals surface area (Å²) in [7, 11) is 0. The average Bonchev–Trinajstić information content (AvgIpc) is 2.87. The Hall–Kier alpha value is -2.37. The number of rotatable bonds is 2. The number of allylic oxidation sites excluding steroid dienone is 1. The molecule has 6 heteroatoms. The zero-order valence-corrected chi connectivity index (χ0v) is 8.07. The molecule has 2 N–H and O–H groups in total.